The quantitative estimate of drug-likeness (QED) is 0.341. The van der Waals surface area contributed by atoms with Gasteiger partial charge in [0.1, 0.15) is 0 Å². The zero-order valence-corrected chi connectivity index (χ0v) is 8.27. The van der Waals surface area contributed by atoms with Crippen molar-refractivity contribution < 1.29 is 0 Å². The molecule has 0 amide bonds. The third-order valence-electron chi connectivity index (χ3n) is 1.59. The van der Waals surface area contributed by atoms with Gasteiger partial charge in [-0.1, -0.05) is 0 Å². The summed E-state index contributed by atoms with van der Waals surface area (Å²) in [5.41, 5.74) is 3.53. The maximum atomic E-state index is 5.09. The first-order valence-electron chi connectivity index (χ1n) is 3.94. The van der Waals surface area contributed by atoms with Gasteiger partial charge in [0, 0.05) is 19.8 Å². The number of aromatic nitrogens is 2. The summed E-state index contributed by atoms with van der Waals surface area (Å²) >= 11 is 4.81. The van der Waals surface area contributed by atoms with Crippen molar-refractivity contribution in [1.29, 1.82) is 0 Å². The van der Waals surface area contributed by atoms with Gasteiger partial charge in [0.2, 0.25) is 0 Å². The van der Waals surface area contributed by atoms with E-state index in [1.54, 1.807) is 4.68 Å². The van der Waals surface area contributed by atoms with Crippen molar-refractivity contribution in [2.45, 2.75) is 6.42 Å². The summed E-state index contributed by atoms with van der Waals surface area (Å²) in [7, 11) is 1.89. The van der Waals surface area contributed by atoms with Crippen LogP contribution >= 0.6 is 12.2 Å². The monoisotopic (exact) mass is 199 g/mol. The van der Waals surface area contributed by atoms with E-state index in [0.717, 1.165) is 13.0 Å². The molecule has 1 rings (SSSR count). The minimum atomic E-state index is 0.462. The van der Waals surface area contributed by atoms with Crippen molar-refractivity contribution in [3.05, 3.63) is 18.0 Å². The van der Waals surface area contributed by atoms with Crippen molar-refractivity contribution in [3.63, 3.8) is 0 Å². The Hall–Kier alpha value is -1.14. The first-order chi connectivity index (χ1) is 6.22. The molecule has 1 aromatic rings. The summed E-state index contributed by atoms with van der Waals surface area (Å²) < 4.78 is 1.77. The van der Waals surface area contributed by atoms with Crippen LogP contribution < -0.4 is 16.6 Å². The number of nitrogens with one attached hydrogen (secondary N) is 2. The molecule has 1 aromatic heterocycles. The fourth-order valence-corrected chi connectivity index (χ4v) is 1.07. The molecule has 0 bridgehead atoms. The number of hydrazine groups is 1. The smallest absolute Gasteiger partial charge is 0.180 e. The second kappa shape index (κ2) is 4.78. The van der Waals surface area contributed by atoms with Gasteiger partial charge in [-0.3, -0.25) is 4.68 Å². The number of nitrogens with two attached hydrogens (primary N) is 1. The standard InChI is InChI=1S/C7H13N5S/c1-12-5-6(4-10-12)2-3-9-7(13)11-8/h4-5H,2-3,8H2,1H3,(H2,9,11,13). The molecular weight excluding hydrogens is 186 g/mol. The van der Waals surface area contributed by atoms with E-state index in [2.05, 4.69) is 15.8 Å². The molecule has 0 saturated carbocycles. The first-order valence-corrected chi connectivity index (χ1v) is 4.35. The average Bonchev–Trinajstić information content (AvgIpc) is 2.51. The second-order valence-corrected chi connectivity index (χ2v) is 3.08. The molecule has 6 heteroatoms. The predicted molar refractivity (Wildman–Crippen MR) is 54.8 cm³/mol. The number of thiocarbonyl (C=S) groups is 1. The minimum absolute atomic E-state index is 0.462. The van der Waals surface area contributed by atoms with Crippen molar-refractivity contribution in [1.82, 2.24) is 20.5 Å². The zero-order valence-electron chi connectivity index (χ0n) is 7.45. The Morgan fingerprint density at radius 1 is 1.77 bits per heavy atom. The van der Waals surface area contributed by atoms with Crippen molar-refractivity contribution in [2.24, 2.45) is 12.9 Å². The zero-order chi connectivity index (χ0) is 9.68. The molecule has 0 atom stereocenters. The Morgan fingerprint density at radius 3 is 3.08 bits per heavy atom. The summed E-state index contributed by atoms with van der Waals surface area (Å²) in [6.45, 7) is 0.759. The Bertz CT molecular complexity index is 282. The van der Waals surface area contributed by atoms with Gasteiger partial charge in [-0.05, 0) is 24.2 Å². The summed E-state index contributed by atoms with van der Waals surface area (Å²) in [6, 6.07) is 0. The highest BCUT2D eigenvalue weighted by molar-refractivity contribution is 7.80. The van der Waals surface area contributed by atoms with Gasteiger partial charge in [0.25, 0.3) is 0 Å². The molecule has 72 valence electrons. The molecule has 0 fully saturated rings. The number of rotatable bonds is 3. The fraction of sp³-hybridized carbons (Fsp3) is 0.429. The molecule has 4 N–H and O–H groups in total. The van der Waals surface area contributed by atoms with Crippen LogP contribution in [0.3, 0.4) is 0 Å². The van der Waals surface area contributed by atoms with Crippen LogP contribution in [0.1, 0.15) is 5.56 Å². The van der Waals surface area contributed by atoms with Crippen LogP contribution in [0.2, 0.25) is 0 Å². The number of nitrogens with zero attached hydrogens (tertiary/aromatic N) is 2. The van der Waals surface area contributed by atoms with Gasteiger partial charge in [-0.2, -0.15) is 5.10 Å². The van der Waals surface area contributed by atoms with E-state index in [0.29, 0.717) is 5.11 Å². The average molecular weight is 199 g/mol. The highest BCUT2D eigenvalue weighted by Gasteiger charge is 1.96. The van der Waals surface area contributed by atoms with Crippen molar-refractivity contribution in [2.75, 3.05) is 6.54 Å². The van der Waals surface area contributed by atoms with Crippen LogP contribution in [0.4, 0.5) is 0 Å². The summed E-state index contributed by atoms with van der Waals surface area (Å²) in [5, 5.41) is 7.46. The summed E-state index contributed by atoms with van der Waals surface area (Å²) in [5.74, 6) is 5.09. The third kappa shape index (κ3) is 3.39. The fourth-order valence-electron chi connectivity index (χ4n) is 0.972. The predicted octanol–water partition coefficient (Wildman–Crippen LogP) is -0.700. The van der Waals surface area contributed by atoms with E-state index in [1.165, 1.54) is 5.56 Å². The Labute approximate surface area is 82.3 Å². The number of aryl methyl sites for hydroxylation is 1. The molecule has 0 aliphatic carbocycles. The Balaban J connectivity index is 2.24. The molecule has 1 heterocycles. The lowest BCUT2D eigenvalue weighted by Crippen LogP contribution is -2.40. The van der Waals surface area contributed by atoms with E-state index in [4.69, 9.17) is 18.1 Å². The summed E-state index contributed by atoms with van der Waals surface area (Å²) in [6.07, 6.45) is 4.69. The molecule has 0 radical (unpaired) electrons. The van der Waals surface area contributed by atoms with Crippen LogP contribution in [0.15, 0.2) is 12.4 Å². The molecule has 0 aliphatic heterocycles. The molecule has 0 spiro atoms. The summed E-state index contributed by atoms with van der Waals surface area (Å²) in [4.78, 5) is 0. The first kappa shape index (κ1) is 9.94. The maximum absolute atomic E-state index is 5.09. The molecule has 0 aromatic carbocycles. The van der Waals surface area contributed by atoms with Crippen LogP contribution in [-0.4, -0.2) is 21.4 Å². The lowest BCUT2D eigenvalue weighted by atomic mass is 10.2. The van der Waals surface area contributed by atoms with E-state index >= 15 is 0 Å². The third-order valence-corrected chi connectivity index (χ3v) is 1.85. The maximum Gasteiger partial charge on any atom is 0.180 e. The van der Waals surface area contributed by atoms with Crippen LogP contribution in [-0.2, 0) is 13.5 Å². The molecule has 0 aliphatic rings. The largest absolute Gasteiger partial charge is 0.361 e. The topological polar surface area (TPSA) is 67.9 Å². The van der Waals surface area contributed by atoms with Gasteiger partial charge >= 0.3 is 0 Å². The molecule has 0 unspecified atom stereocenters. The second-order valence-electron chi connectivity index (χ2n) is 2.67. The highest BCUT2D eigenvalue weighted by atomic mass is 32.1. The Kier molecular flexibility index (Phi) is 3.66. The lowest BCUT2D eigenvalue weighted by molar-refractivity contribution is 0.765. The van der Waals surface area contributed by atoms with Crippen molar-refractivity contribution >= 4 is 17.3 Å². The molecule has 0 saturated heterocycles. The molecular formula is C7H13N5S. The van der Waals surface area contributed by atoms with Gasteiger partial charge in [-0.15, -0.1) is 0 Å². The van der Waals surface area contributed by atoms with Gasteiger partial charge in [0.05, 0.1) is 6.20 Å². The van der Waals surface area contributed by atoms with E-state index in [-0.39, 0.29) is 0 Å². The minimum Gasteiger partial charge on any atom is -0.361 e. The van der Waals surface area contributed by atoms with E-state index in [1.807, 2.05) is 19.4 Å². The van der Waals surface area contributed by atoms with E-state index in [9.17, 15) is 0 Å². The number of hydrogen-bond donors (Lipinski definition) is 3. The van der Waals surface area contributed by atoms with Crippen LogP contribution in [0.25, 0.3) is 0 Å². The lowest BCUT2D eigenvalue weighted by Gasteiger charge is -2.04. The normalized spacial score (nSPS) is 9.69. The van der Waals surface area contributed by atoms with E-state index < -0.39 is 0 Å². The van der Waals surface area contributed by atoms with Crippen LogP contribution in [0, 0.1) is 0 Å². The molecule has 5 nitrogen and oxygen atoms in total. The Morgan fingerprint density at radius 2 is 2.54 bits per heavy atom. The van der Waals surface area contributed by atoms with Crippen molar-refractivity contribution in [3.8, 4) is 0 Å². The highest BCUT2D eigenvalue weighted by Crippen LogP contribution is 1.95. The number of hydrogen-bond acceptors (Lipinski definition) is 3. The molecule has 13 heavy (non-hydrogen) atoms. The van der Waals surface area contributed by atoms with Gasteiger partial charge in [0.15, 0.2) is 5.11 Å². The van der Waals surface area contributed by atoms with Gasteiger partial charge in [-0.25, -0.2) is 5.84 Å². The van der Waals surface area contributed by atoms with Gasteiger partial charge < -0.3 is 10.7 Å². The SMILES string of the molecule is Cn1cc(CCNC(=S)NN)cn1. The van der Waals surface area contributed by atoms with Crippen LogP contribution in [0.5, 0.6) is 0 Å².